The normalized spacial score (nSPS) is 18.1. The minimum Gasteiger partial charge on any atom is -0.463 e. The highest BCUT2D eigenvalue weighted by Crippen LogP contribution is 2.37. The number of esters is 1. The highest BCUT2D eigenvalue weighted by atomic mass is 16.5. The molecule has 0 saturated carbocycles. The summed E-state index contributed by atoms with van der Waals surface area (Å²) < 4.78 is 5.38. The zero-order chi connectivity index (χ0) is 27.4. The summed E-state index contributed by atoms with van der Waals surface area (Å²) in [6.07, 6.45) is 0.178. The van der Waals surface area contributed by atoms with Crippen LogP contribution in [0.3, 0.4) is 0 Å². The number of carbonyl (C=O) groups is 4. The van der Waals surface area contributed by atoms with Crippen molar-refractivity contribution < 1.29 is 23.9 Å². The average molecular weight is 518 g/mol. The van der Waals surface area contributed by atoms with E-state index in [1.807, 2.05) is 43.3 Å². The van der Waals surface area contributed by atoms with E-state index in [2.05, 4.69) is 0 Å². The molecular weight excluding hydrogens is 482 g/mol. The fraction of sp³-hybridized carbons (Fsp3) is 0.400. The van der Waals surface area contributed by atoms with Crippen LogP contribution in [0.2, 0.25) is 0 Å². The topological polar surface area (TPSA) is 87.2 Å². The number of amides is 3. The largest absolute Gasteiger partial charge is 0.463 e. The fourth-order valence-electron chi connectivity index (χ4n) is 5.10. The number of nitrogens with zero attached hydrogens (tertiary/aromatic N) is 3. The molecule has 2 aromatic carbocycles. The number of carbonyl (C=O) groups excluding carboxylic acids is 4. The number of rotatable bonds is 6. The third-order valence-electron chi connectivity index (χ3n) is 7.35. The summed E-state index contributed by atoms with van der Waals surface area (Å²) >= 11 is 0. The Morgan fingerprint density at radius 1 is 0.895 bits per heavy atom. The molecule has 2 aliphatic rings. The van der Waals surface area contributed by atoms with Gasteiger partial charge in [-0.2, -0.15) is 0 Å². The highest BCUT2D eigenvalue weighted by molar-refractivity contribution is 5.96. The molecule has 1 saturated heterocycles. The van der Waals surface area contributed by atoms with Gasteiger partial charge in [0.2, 0.25) is 11.8 Å². The van der Waals surface area contributed by atoms with Crippen molar-refractivity contribution in [1.29, 1.82) is 0 Å². The van der Waals surface area contributed by atoms with Crippen LogP contribution in [0.4, 0.5) is 0 Å². The fourth-order valence-corrected chi connectivity index (χ4v) is 5.10. The van der Waals surface area contributed by atoms with Crippen molar-refractivity contribution in [2.45, 2.75) is 46.6 Å². The second-order valence-corrected chi connectivity index (χ2v) is 9.86. The maximum atomic E-state index is 13.3. The van der Waals surface area contributed by atoms with Crippen LogP contribution in [0.15, 0.2) is 59.8 Å². The van der Waals surface area contributed by atoms with E-state index < -0.39 is 5.97 Å². The zero-order valence-corrected chi connectivity index (χ0v) is 22.5. The quantitative estimate of drug-likeness (QED) is 0.546. The van der Waals surface area contributed by atoms with Gasteiger partial charge < -0.3 is 19.4 Å². The van der Waals surface area contributed by atoms with Gasteiger partial charge in [0.1, 0.15) is 0 Å². The van der Waals surface area contributed by atoms with E-state index in [0.29, 0.717) is 49.6 Å². The van der Waals surface area contributed by atoms with Gasteiger partial charge in [-0.15, -0.1) is 0 Å². The summed E-state index contributed by atoms with van der Waals surface area (Å²) in [4.78, 5) is 55.9. The summed E-state index contributed by atoms with van der Waals surface area (Å²) in [6.45, 7) is 9.73. The van der Waals surface area contributed by atoms with Crippen LogP contribution < -0.4 is 0 Å². The molecule has 0 aromatic heterocycles. The molecule has 2 heterocycles. The van der Waals surface area contributed by atoms with Crippen LogP contribution in [0.25, 0.3) is 0 Å². The molecule has 3 amide bonds. The Balaban J connectivity index is 1.52. The van der Waals surface area contributed by atoms with E-state index in [4.69, 9.17) is 4.74 Å². The van der Waals surface area contributed by atoms with Crippen molar-refractivity contribution in [3.8, 4) is 0 Å². The van der Waals surface area contributed by atoms with Crippen LogP contribution in [-0.4, -0.2) is 71.2 Å². The van der Waals surface area contributed by atoms with Gasteiger partial charge in [-0.3, -0.25) is 14.4 Å². The molecule has 2 aliphatic heterocycles. The Morgan fingerprint density at radius 2 is 1.50 bits per heavy atom. The Morgan fingerprint density at radius 3 is 2.08 bits per heavy atom. The number of allylic oxidation sites excluding steroid dienone is 1. The van der Waals surface area contributed by atoms with E-state index >= 15 is 0 Å². The highest BCUT2D eigenvalue weighted by Gasteiger charge is 2.37. The van der Waals surface area contributed by atoms with Crippen molar-refractivity contribution in [2.24, 2.45) is 0 Å². The van der Waals surface area contributed by atoms with E-state index in [-0.39, 0.29) is 36.7 Å². The lowest BCUT2D eigenvalue weighted by atomic mass is 9.83. The molecule has 1 unspecified atom stereocenters. The van der Waals surface area contributed by atoms with Crippen LogP contribution in [0, 0.1) is 6.92 Å². The van der Waals surface area contributed by atoms with Crippen LogP contribution in [0.5, 0.6) is 0 Å². The maximum absolute atomic E-state index is 13.3. The molecule has 0 bridgehead atoms. The van der Waals surface area contributed by atoms with Gasteiger partial charge in [-0.1, -0.05) is 42.0 Å². The Bertz CT molecular complexity index is 1240. The summed E-state index contributed by atoms with van der Waals surface area (Å²) in [5.74, 6) is -0.879. The van der Waals surface area contributed by atoms with Crippen molar-refractivity contribution in [1.82, 2.24) is 14.7 Å². The first-order valence-corrected chi connectivity index (χ1v) is 13.1. The maximum Gasteiger partial charge on any atom is 0.336 e. The van der Waals surface area contributed by atoms with E-state index in [1.165, 1.54) is 0 Å². The number of aryl methyl sites for hydroxylation is 1. The van der Waals surface area contributed by atoms with Gasteiger partial charge in [-0.25, -0.2) is 4.79 Å². The van der Waals surface area contributed by atoms with Crippen molar-refractivity contribution >= 4 is 23.7 Å². The molecule has 1 atom stereocenters. The standard InChI is InChI=1S/C30H35N3O5/c1-5-38-30(37)28-21(3)33(27(35)18-26(28)24-10-6-20(2)7-11-24)19-23-8-12-25(13-9-23)29(36)32-16-14-31(15-17-32)22(4)34/h6-13,26H,5,14-19H2,1-4H3. The molecule has 8 nitrogen and oxygen atoms in total. The molecule has 4 rings (SSSR count). The third-order valence-corrected chi connectivity index (χ3v) is 7.35. The SMILES string of the molecule is CCOC(=O)C1=C(C)N(Cc2ccc(C(=O)N3CCN(C(C)=O)CC3)cc2)C(=O)CC1c1ccc(C)cc1. The number of piperazine rings is 1. The zero-order valence-electron chi connectivity index (χ0n) is 22.5. The first kappa shape index (κ1) is 27.1. The van der Waals surface area contributed by atoms with Crippen molar-refractivity contribution in [3.63, 3.8) is 0 Å². The van der Waals surface area contributed by atoms with Gasteiger partial charge in [0.05, 0.1) is 18.7 Å². The predicted molar refractivity (Wildman–Crippen MR) is 143 cm³/mol. The lowest BCUT2D eigenvalue weighted by Crippen LogP contribution is -2.50. The molecule has 0 spiro atoms. The van der Waals surface area contributed by atoms with Gasteiger partial charge in [-0.05, 0) is 44.0 Å². The summed E-state index contributed by atoms with van der Waals surface area (Å²) in [5.41, 5.74) is 4.54. The van der Waals surface area contributed by atoms with Gasteiger partial charge in [0.15, 0.2) is 0 Å². The lowest BCUT2D eigenvalue weighted by molar-refractivity contribution is -0.140. The van der Waals surface area contributed by atoms with E-state index in [9.17, 15) is 19.2 Å². The molecule has 38 heavy (non-hydrogen) atoms. The average Bonchev–Trinajstić information content (AvgIpc) is 2.91. The Kier molecular flexibility index (Phi) is 8.29. The van der Waals surface area contributed by atoms with E-state index in [0.717, 1.165) is 16.7 Å². The molecular formula is C30H35N3O5. The van der Waals surface area contributed by atoms with E-state index in [1.54, 1.807) is 47.6 Å². The predicted octanol–water partition coefficient (Wildman–Crippen LogP) is 3.65. The van der Waals surface area contributed by atoms with Crippen molar-refractivity contribution in [2.75, 3.05) is 32.8 Å². The number of ether oxygens (including phenoxy) is 1. The third kappa shape index (κ3) is 5.79. The van der Waals surface area contributed by atoms with Gasteiger partial charge in [0, 0.05) is 56.7 Å². The summed E-state index contributed by atoms with van der Waals surface area (Å²) in [7, 11) is 0. The smallest absolute Gasteiger partial charge is 0.336 e. The summed E-state index contributed by atoms with van der Waals surface area (Å²) in [5, 5.41) is 0. The van der Waals surface area contributed by atoms with Crippen LogP contribution >= 0.6 is 0 Å². The van der Waals surface area contributed by atoms with Crippen molar-refractivity contribution in [3.05, 3.63) is 82.1 Å². The van der Waals surface area contributed by atoms with Gasteiger partial charge in [0.25, 0.3) is 5.91 Å². The molecule has 2 aromatic rings. The van der Waals surface area contributed by atoms with Gasteiger partial charge >= 0.3 is 5.97 Å². The molecule has 0 N–H and O–H groups in total. The number of hydrogen-bond acceptors (Lipinski definition) is 5. The minimum atomic E-state index is -0.404. The second kappa shape index (κ2) is 11.6. The van der Waals surface area contributed by atoms with Crippen LogP contribution in [-0.2, 0) is 25.7 Å². The Hall–Kier alpha value is -3.94. The second-order valence-electron chi connectivity index (χ2n) is 9.86. The summed E-state index contributed by atoms with van der Waals surface area (Å²) in [6, 6.07) is 15.1. The number of hydrogen-bond donors (Lipinski definition) is 0. The monoisotopic (exact) mass is 517 g/mol. The first-order valence-electron chi connectivity index (χ1n) is 13.1. The molecule has 0 aliphatic carbocycles. The first-order chi connectivity index (χ1) is 18.2. The molecule has 8 heteroatoms. The van der Waals surface area contributed by atoms with Crippen LogP contribution in [0.1, 0.15) is 60.2 Å². The molecule has 0 radical (unpaired) electrons. The molecule has 1 fully saturated rings. The molecule has 200 valence electrons. The lowest BCUT2D eigenvalue weighted by Gasteiger charge is -2.35. The Labute approximate surface area is 223 Å². The minimum absolute atomic E-state index is 0.0226. The number of benzene rings is 2.